The number of hydrogen-bond donors (Lipinski definition) is 1. The summed E-state index contributed by atoms with van der Waals surface area (Å²) in [5.41, 5.74) is 1.00. The van der Waals surface area contributed by atoms with E-state index in [1.807, 2.05) is 19.1 Å². The third-order valence-electron chi connectivity index (χ3n) is 2.67. The van der Waals surface area contributed by atoms with Crippen LogP contribution >= 0.6 is 11.6 Å². The van der Waals surface area contributed by atoms with Gasteiger partial charge < -0.3 is 9.73 Å². The number of rotatable bonds is 4. The molecule has 0 aliphatic heterocycles. The molecule has 0 bridgehead atoms. The Morgan fingerprint density at radius 2 is 2.05 bits per heavy atom. The van der Waals surface area contributed by atoms with E-state index in [1.165, 1.54) is 6.08 Å². The van der Waals surface area contributed by atoms with Gasteiger partial charge in [0.2, 0.25) is 5.91 Å². The quantitative estimate of drug-likeness (QED) is 0.862. The van der Waals surface area contributed by atoms with E-state index >= 15 is 0 Å². The summed E-state index contributed by atoms with van der Waals surface area (Å²) in [5.74, 6) is 0.480. The molecule has 1 aromatic carbocycles. The highest BCUT2D eigenvalue weighted by Crippen LogP contribution is 2.16. The molecule has 19 heavy (non-hydrogen) atoms. The van der Waals surface area contributed by atoms with Gasteiger partial charge in [-0.2, -0.15) is 0 Å². The molecule has 0 fully saturated rings. The van der Waals surface area contributed by atoms with E-state index < -0.39 is 0 Å². The van der Waals surface area contributed by atoms with Crippen molar-refractivity contribution < 1.29 is 9.21 Å². The Hall–Kier alpha value is -2.00. The molecule has 4 heteroatoms. The van der Waals surface area contributed by atoms with Crippen molar-refractivity contribution in [2.24, 2.45) is 0 Å². The summed E-state index contributed by atoms with van der Waals surface area (Å²) in [4.78, 5) is 11.7. The van der Waals surface area contributed by atoms with Crippen molar-refractivity contribution in [2.75, 3.05) is 0 Å². The smallest absolute Gasteiger partial charge is 0.244 e. The molecule has 0 saturated heterocycles. The van der Waals surface area contributed by atoms with Crippen LogP contribution in [-0.2, 0) is 4.79 Å². The van der Waals surface area contributed by atoms with Gasteiger partial charge in [0.15, 0.2) is 0 Å². The zero-order valence-corrected chi connectivity index (χ0v) is 11.2. The fourth-order valence-electron chi connectivity index (χ4n) is 1.64. The topological polar surface area (TPSA) is 42.2 Å². The van der Waals surface area contributed by atoms with Gasteiger partial charge in [-0.15, -0.1) is 0 Å². The number of benzene rings is 1. The molecule has 0 saturated carbocycles. The highest BCUT2D eigenvalue weighted by Gasteiger charge is 2.07. The first kappa shape index (κ1) is 13.4. The number of hydrogen-bond acceptors (Lipinski definition) is 2. The Morgan fingerprint density at radius 3 is 2.68 bits per heavy atom. The molecular formula is C15H14ClNO2. The fourth-order valence-corrected chi connectivity index (χ4v) is 1.77. The summed E-state index contributed by atoms with van der Waals surface area (Å²) in [6.07, 6.45) is 4.64. The van der Waals surface area contributed by atoms with Crippen molar-refractivity contribution in [2.45, 2.75) is 13.0 Å². The maximum absolute atomic E-state index is 11.7. The highest BCUT2D eigenvalue weighted by molar-refractivity contribution is 6.30. The second-order valence-electron chi connectivity index (χ2n) is 4.13. The molecule has 1 heterocycles. The summed E-state index contributed by atoms with van der Waals surface area (Å²) < 4.78 is 5.11. The van der Waals surface area contributed by atoms with Crippen LogP contribution in [0.15, 0.2) is 53.2 Å². The first-order chi connectivity index (χ1) is 9.15. The number of amides is 1. The first-order valence-electron chi connectivity index (χ1n) is 5.93. The maximum atomic E-state index is 11.7. The minimum absolute atomic E-state index is 0.0778. The van der Waals surface area contributed by atoms with Crippen LogP contribution in [-0.4, -0.2) is 5.91 Å². The summed E-state index contributed by atoms with van der Waals surface area (Å²) in [5, 5.41) is 3.55. The summed E-state index contributed by atoms with van der Waals surface area (Å²) in [6.45, 7) is 1.92. The molecule has 1 N–H and O–H groups in total. The Balaban J connectivity index is 1.93. The van der Waals surface area contributed by atoms with Crippen LogP contribution in [0.2, 0.25) is 5.02 Å². The standard InChI is InChI=1S/C15H14ClNO2/c1-11(12-4-6-13(16)7-5-12)17-15(18)9-8-14-3-2-10-19-14/h2-11H,1H3,(H,17,18). The summed E-state index contributed by atoms with van der Waals surface area (Å²) >= 11 is 5.82. The lowest BCUT2D eigenvalue weighted by molar-refractivity contribution is -0.117. The Bertz CT molecular complexity index is 558. The fraction of sp³-hybridized carbons (Fsp3) is 0.133. The number of carbonyl (C=O) groups is 1. The number of carbonyl (C=O) groups excluding carboxylic acids is 1. The summed E-state index contributed by atoms with van der Waals surface area (Å²) in [6, 6.07) is 10.9. The molecule has 1 unspecified atom stereocenters. The minimum atomic E-state index is -0.168. The van der Waals surface area contributed by atoms with Gasteiger partial charge in [-0.25, -0.2) is 0 Å². The van der Waals surface area contributed by atoms with Crippen molar-refractivity contribution in [3.05, 3.63) is 65.1 Å². The molecule has 2 rings (SSSR count). The van der Waals surface area contributed by atoms with E-state index in [-0.39, 0.29) is 11.9 Å². The van der Waals surface area contributed by atoms with Crippen molar-refractivity contribution in [3.63, 3.8) is 0 Å². The van der Waals surface area contributed by atoms with Gasteiger partial charge in [-0.3, -0.25) is 4.79 Å². The van der Waals surface area contributed by atoms with E-state index in [4.69, 9.17) is 16.0 Å². The van der Waals surface area contributed by atoms with Gasteiger partial charge in [0, 0.05) is 11.1 Å². The third-order valence-corrected chi connectivity index (χ3v) is 2.92. The van der Waals surface area contributed by atoms with Crippen molar-refractivity contribution in [3.8, 4) is 0 Å². The molecule has 98 valence electrons. The first-order valence-corrected chi connectivity index (χ1v) is 6.30. The largest absolute Gasteiger partial charge is 0.465 e. The van der Waals surface area contributed by atoms with E-state index in [0.717, 1.165) is 5.56 Å². The van der Waals surface area contributed by atoms with Crippen LogP contribution in [0.25, 0.3) is 6.08 Å². The molecule has 0 radical (unpaired) electrons. The second-order valence-corrected chi connectivity index (χ2v) is 4.57. The van der Waals surface area contributed by atoms with Gasteiger partial charge in [-0.1, -0.05) is 23.7 Å². The van der Waals surface area contributed by atoms with Crippen LogP contribution in [0.4, 0.5) is 0 Å². The van der Waals surface area contributed by atoms with Crippen LogP contribution in [0.1, 0.15) is 24.3 Å². The maximum Gasteiger partial charge on any atom is 0.244 e. The second kappa shape index (κ2) is 6.25. The Labute approximate surface area is 116 Å². The molecule has 3 nitrogen and oxygen atoms in total. The Kier molecular flexibility index (Phi) is 4.42. The lowest BCUT2D eigenvalue weighted by Gasteiger charge is -2.12. The van der Waals surface area contributed by atoms with Gasteiger partial charge in [-0.05, 0) is 42.8 Å². The lowest BCUT2D eigenvalue weighted by Crippen LogP contribution is -2.24. The lowest BCUT2D eigenvalue weighted by atomic mass is 10.1. The predicted octanol–water partition coefficient (Wildman–Crippen LogP) is 3.82. The molecule has 1 atom stereocenters. The SMILES string of the molecule is CC(NC(=O)C=Cc1ccco1)c1ccc(Cl)cc1. The zero-order chi connectivity index (χ0) is 13.7. The van der Waals surface area contributed by atoms with E-state index in [2.05, 4.69) is 5.32 Å². The number of halogens is 1. The average molecular weight is 276 g/mol. The van der Waals surface area contributed by atoms with Crippen molar-refractivity contribution >= 4 is 23.6 Å². The normalized spacial score (nSPS) is 12.5. The monoisotopic (exact) mass is 275 g/mol. The Morgan fingerprint density at radius 1 is 1.32 bits per heavy atom. The highest BCUT2D eigenvalue weighted by atomic mass is 35.5. The van der Waals surface area contributed by atoms with Crippen LogP contribution < -0.4 is 5.32 Å². The number of furan rings is 1. The third kappa shape index (κ3) is 4.00. The van der Waals surface area contributed by atoms with Crippen LogP contribution in [0.3, 0.4) is 0 Å². The predicted molar refractivity (Wildman–Crippen MR) is 75.8 cm³/mol. The van der Waals surface area contributed by atoms with Crippen LogP contribution in [0, 0.1) is 0 Å². The van der Waals surface area contributed by atoms with Crippen LogP contribution in [0.5, 0.6) is 0 Å². The van der Waals surface area contributed by atoms with Crippen molar-refractivity contribution in [1.29, 1.82) is 0 Å². The average Bonchev–Trinajstić information content (AvgIpc) is 2.90. The molecular weight excluding hydrogens is 262 g/mol. The minimum Gasteiger partial charge on any atom is -0.465 e. The van der Waals surface area contributed by atoms with Gasteiger partial charge in [0.1, 0.15) is 5.76 Å². The molecule has 1 aromatic heterocycles. The molecule has 0 aliphatic carbocycles. The molecule has 1 amide bonds. The van der Waals surface area contributed by atoms with Gasteiger partial charge in [0.25, 0.3) is 0 Å². The summed E-state index contributed by atoms with van der Waals surface area (Å²) in [7, 11) is 0. The molecule has 0 spiro atoms. The van der Waals surface area contributed by atoms with Crippen molar-refractivity contribution in [1.82, 2.24) is 5.32 Å². The van der Waals surface area contributed by atoms with Gasteiger partial charge in [0.05, 0.1) is 12.3 Å². The van der Waals surface area contributed by atoms with E-state index in [1.54, 1.807) is 36.6 Å². The van der Waals surface area contributed by atoms with E-state index in [0.29, 0.717) is 10.8 Å². The number of nitrogens with one attached hydrogen (secondary N) is 1. The van der Waals surface area contributed by atoms with Gasteiger partial charge >= 0.3 is 0 Å². The molecule has 2 aromatic rings. The molecule has 0 aliphatic rings. The van der Waals surface area contributed by atoms with E-state index in [9.17, 15) is 4.79 Å². The zero-order valence-electron chi connectivity index (χ0n) is 10.5.